The largest absolute Gasteiger partial charge is 0.469 e. The number of anilines is 1. The van der Waals surface area contributed by atoms with E-state index in [0.29, 0.717) is 12.5 Å². The van der Waals surface area contributed by atoms with E-state index in [1.165, 1.54) is 24.2 Å². The maximum atomic E-state index is 13.6. The summed E-state index contributed by atoms with van der Waals surface area (Å²) in [5.74, 6) is -0.557. The van der Waals surface area contributed by atoms with Crippen molar-refractivity contribution in [3.8, 4) is 0 Å². The Balaban J connectivity index is 1.92. The number of piperidine rings is 1. The quantitative estimate of drug-likeness (QED) is 0.544. The van der Waals surface area contributed by atoms with Gasteiger partial charge >= 0.3 is 5.97 Å². The van der Waals surface area contributed by atoms with E-state index in [2.05, 4.69) is 22.1 Å². The zero-order chi connectivity index (χ0) is 25.5. The number of hydrogen-bond acceptors (Lipinski definition) is 6. The molecule has 2 aromatic rings. The van der Waals surface area contributed by atoms with E-state index in [1.54, 1.807) is 12.4 Å². The van der Waals surface area contributed by atoms with Gasteiger partial charge in [-0.25, -0.2) is 0 Å². The highest BCUT2D eigenvalue weighted by atomic mass is 16.5. The van der Waals surface area contributed by atoms with Crippen LogP contribution < -0.4 is 15.8 Å². The summed E-state index contributed by atoms with van der Waals surface area (Å²) in [7, 11) is 1.33. The molecular weight excluding hydrogens is 444 g/mol. The van der Waals surface area contributed by atoms with Gasteiger partial charge < -0.3 is 19.5 Å². The van der Waals surface area contributed by atoms with E-state index in [4.69, 9.17) is 4.74 Å². The van der Waals surface area contributed by atoms with Gasteiger partial charge in [0.15, 0.2) is 0 Å². The third-order valence-corrected chi connectivity index (χ3v) is 6.63. The van der Waals surface area contributed by atoms with Crippen LogP contribution in [-0.4, -0.2) is 41.1 Å². The maximum absolute atomic E-state index is 13.6. The fourth-order valence-electron chi connectivity index (χ4n) is 4.68. The Kier molecular flexibility index (Phi) is 9.07. The van der Waals surface area contributed by atoms with Crippen molar-refractivity contribution in [2.75, 3.05) is 18.6 Å². The molecule has 8 heteroatoms. The normalized spacial score (nSPS) is 17.7. The smallest absolute Gasteiger partial charge is 0.307 e. The highest BCUT2D eigenvalue weighted by Crippen LogP contribution is 2.28. The number of esters is 1. The van der Waals surface area contributed by atoms with Gasteiger partial charge in [-0.3, -0.25) is 19.4 Å². The van der Waals surface area contributed by atoms with Gasteiger partial charge in [-0.05, 0) is 68.7 Å². The van der Waals surface area contributed by atoms with Gasteiger partial charge in [0, 0.05) is 31.0 Å². The molecule has 8 nitrogen and oxygen atoms in total. The number of nitrogens with one attached hydrogen (secondary N) is 1. The number of aryl methyl sites for hydroxylation is 1. The number of nitrogens with zero attached hydrogens (tertiary/aromatic N) is 3. The fraction of sp³-hybridized carbons (Fsp3) is 0.556. The Morgan fingerprint density at radius 3 is 2.66 bits per heavy atom. The molecule has 3 atom stereocenters. The third-order valence-electron chi connectivity index (χ3n) is 6.63. The lowest BCUT2D eigenvalue weighted by atomic mass is 9.99. The number of aromatic nitrogens is 2. The second kappa shape index (κ2) is 12.0. The van der Waals surface area contributed by atoms with E-state index >= 15 is 0 Å². The molecule has 3 heterocycles. The minimum Gasteiger partial charge on any atom is -0.469 e. The first-order valence-corrected chi connectivity index (χ1v) is 12.5. The van der Waals surface area contributed by atoms with Crippen LogP contribution >= 0.6 is 0 Å². The van der Waals surface area contributed by atoms with Crippen LogP contribution in [0.4, 0.5) is 5.69 Å². The average Bonchev–Trinajstić information content (AvgIpc) is 2.82. The number of ether oxygens (including phenoxy) is 1. The van der Waals surface area contributed by atoms with Crippen molar-refractivity contribution in [3.05, 3.63) is 58.3 Å². The summed E-state index contributed by atoms with van der Waals surface area (Å²) in [6, 6.07) is 4.43. The fourth-order valence-corrected chi connectivity index (χ4v) is 4.68. The lowest BCUT2D eigenvalue weighted by molar-refractivity contribution is -0.141. The van der Waals surface area contributed by atoms with Gasteiger partial charge in [0.25, 0.3) is 5.56 Å². The molecule has 2 unspecified atom stereocenters. The zero-order valence-corrected chi connectivity index (χ0v) is 21.5. The lowest BCUT2D eigenvalue weighted by Crippen LogP contribution is -2.40. The summed E-state index contributed by atoms with van der Waals surface area (Å²) in [5, 5.41) is 3.03. The van der Waals surface area contributed by atoms with Gasteiger partial charge in [0.05, 0.1) is 31.5 Å². The minimum atomic E-state index is -0.693. The highest BCUT2D eigenvalue weighted by molar-refractivity contribution is 5.81. The summed E-state index contributed by atoms with van der Waals surface area (Å²) >= 11 is 0. The lowest BCUT2D eigenvalue weighted by Gasteiger charge is -2.35. The molecular formula is C27H38N4O4. The number of carbonyl (C=O) groups is 2. The summed E-state index contributed by atoms with van der Waals surface area (Å²) in [6.07, 6.45) is 9.09. The minimum absolute atomic E-state index is 0.0277. The van der Waals surface area contributed by atoms with E-state index in [0.717, 1.165) is 36.2 Å². The van der Waals surface area contributed by atoms with Crippen molar-refractivity contribution in [1.82, 2.24) is 14.9 Å². The summed E-state index contributed by atoms with van der Waals surface area (Å²) in [5.41, 5.74) is 2.33. The molecule has 0 spiro atoms. The molecule has 0 aromatic carbocycles. The topological polar surface area (TPSA) is 93.5 Å². The van der Waals surface area contributed by atoms with E-state index in [9.17, 15) is 14.4 Å². The van der Waals surface area contributed by atoms with Gasteiger partial charge in [0.1, 0.15) is 6.04 Å². The number of rotatable bonds is 9. The number of carbonyl (C=O) groups excluding carboxylic acids is 2. The van der Waals surface area contributed by atoms with Crippen LogP contribution in [0.2, 0.25) is 0 Å². The van der Waals surface area contributed by atoms with Crippen molar-refractivity contribution in [3.63, 3.8) is 0 Å². The average molecular weight is 483 g/mol. The number of pyridine rings is 2. The highest BCUT2D eigenvalue weighted by Gasteiger charge is 2.28. The zero-order valence-electron chi connectivity index (χ0n) is 21.5. The summed E-state index contributed by atoms with van der Waals surface area (Å²) in [4.78, 5) is 45.3. The first-order valence-electron chi connectivity index (χ1n) is 12.5. The second-order valence-electron chi connectivity index (χ2n) is 9.95. The SMILES string of the molecule is COC(=O)CC(NC(=O)C(CC(C)C)n1ccc(C)cc1=O)c1cncc(N2CCCC[C@@H]2C)c1. The monoisotopic (exact) mass is 482 g/mol. The summed E-state index contributed by atoms with van der Waals surface area (Å²) < 4.78 is 6.39. The molecule has 1 aliphatic heterocycles. The third kappa shape index (κ3) is 6.93. The maximum Gasteiger partial charge on any atom is 0.307 e. The Morgan fingerprint density at radius 2 is 2.00 bits per heavy atom. The van der Waals surface area contributed by atoms with Crippen LogP contribution in [0, 0.1) is 12.8 Å². The molecule has 1 saturated heterocycles. The first-order chi connectivity index (χ1) is 16.7. The standard InChI is InChI=1S/C27H38N4O4/c1-18(2)12-24(31-11-9-19(3)13-25(31)32)27(34)29-23(15-26(33)35-5)21-14-22(17-28-16-21)30-10-7-6-8-20(30)4/h9,11,13-14,16-18,20,23-24H,6-8,10,12,15H2,1-5H3,(H,29,34)/t20-,23?,24?/m0/s1. The van der Waals surface area contributed by atoms with Gasteiger partial charge in [-0.1, -0.05) is 13.8 Å². The molecule has 1 N–H and O–H groups in total. The van der Waals surface area contributed by atoms with Crippen LogP contribution in [0.1, 0.15) is 76.1 Å². The van der Waals surface area contributed by atoms with Crippen molar-refractivity contribution in [1.29, 1.82) is 0 Å². The number of hydrogen-bond donors (Lipinski definition) is 1. The summed E-state index contributed by atoms with van der Waals surface area (Å²) in [6.45, 7) is 9.03. The molecule has 3 rings (SSSR count). The molecule has 190 valence electrons. The van der Waals surface area contributed by atoms with Gasteiger partial charge in [-0.15, -0.1) is 0 Å². The van der Waals surface area contributed by atoms with Crippen LogP contribution in [0.5, 0.6) is 0 Å². The van der Waals surface area contributed by atoms with Crippen LogP contribution in [-0.2, 0) is 14.3 Å². The van der Waals surface area contributed by atoms with Crippen LogP contribution in [0.15, 0.2) is 41.6 Å². The Hall–Kier alpha value is -3.16. The van der Waals surface area contributed by atoms with Crippen molar-refractivity contribution < 1.29 is 14.3 Å². The van der Waals surface area contributed by atoms with Gasteiger partial charge in [-0.2, -0.15) is 0 Å². The number of methoxy groups -OCH3 is 1. The molecule has 1 amide bonds. The second-order valence-corrected chi connectivity index (χ2v) is 9.95. The molecule has 0 bridgehead atoms. The first kappa shape index (κ1) is 26.4. The molecule has 0 saturated carbocycles. The molecule has 1 fully saturated rings. The van der Waals surface area contributed by atoms with Crippen LogP contribution in [0.25, 0.3) is 0 Å². The van der Waals surface area contributed by atoms with E-state index in [-0.39, 0.29) is 23.8 Å². The van der Waals surface area contributed by atoms with Crippen molar-refractivity contribution in [2.45, 2.75) is 77.9 Å². The Morgan fingerprint density at radius 1 is 1.23 bits per heavy atom. The van der Waals surface area contributed by atoms with Crippen LogP contribution in [0.3, 0.4) is 0 Å². The van der Waals surface area contributed by atoms with E-state index in [1.807, 2.05) is 39.1 Å². The molecule has 0 aliphatic carbocycles. The van der Waals surface area contributed by atoms with E-state index < -0.39 is 18.1 Å². The van der Waals surface area contributed by atoms with Crippen molar-refractivity contribution >= 4 is 17.6 Å². The predicted octanol–water partition coefficient (Wildman–Crippen LogP) is 3.94. The molecule has 1 aliphatic rings. The molecule has 35 heavy (non-hydrogen) atoms. The van der Waals surface area contributed by atoms with Gasteiger partial charge in [0.2, 0.25) is 5.91 Å². The molecule has 0 radical (unpaired) electrons. The Bertz CT molecular complexity index is 1080. The Labute approximate surface area is 207 Å². The molecule has 2 aromatic heterocycles. The predicted molar refractivity (Wildman–Crippen MR) is 136 cm³/mol. The van der Waals surface area contributed by atoms with Crippen molar-refractivity contribution in [2.24, 2.45) is 5.92 Å². The number of amides is 1.